The Labute approximate surface area is 99.4 Å². The van der Waals surface area contributed by atoms with Crippen molar-refractivity contribution in [3.8, 4) is 11.4 Å². The van der Waals surface area contributed by atoms with Gasteiger partial charge in [-0.15, -0.1) is 0 Å². The second kappa shape index (κ2) is 4.08. The van der Waals surface area contributed by atoms with Gasteiger partial charge in [0.1, 0.15) is 17.8 Å². The largest absolute Gasteiger partial charge is 0.623 e. The molecule has 0 saturated heterocycles. The van der Waals surface area contributed by atoms with Crippen molar-refractivity contribution >= 4 is 6.21 Å². The van der Waals surface area contributed by atoms with Crippen LogP contribution in [0.1, 0.15) is 26.5 Å². The van der Waals surface area contributed by atoms with Crippen molar-refractivity contribution < 1.29 is 9.16 Å². The molecule has 2 aromatic heterocycles. The van der Waals surface area contributed by atoms with Crippen molar-refractivity contribution in [1.82, 2.24) is 9.97 Å². The van der Waals surface area contributed by atoms with Gasteiger partial charge < -0.3 is 14.6 Å². The number of aromatic amines is 1. The van der Waals surface area contributed by atoms with Gasteiger partial charge in [0.15, 0.2) is 5.54 Å². The fourth-order valence-electron chi connectivity index (χ4n) is 1.26. The Hall–Kier alpha value is -2.04. The number of aromatic nitrogens is 2. The molecule has 0 aliphatic rings. The summed E-state index contributed by atoms with van der Waals surface area (Å²) in [6.45, 7) is 5.54. The molecule has 0 unspecified atom stereocenters. The van der Waals surface area contributed by atoms with E-state index >= 15 is 0 Å². The molecule has 0 saturated carbocycles. The van der Waals surface area contributed by atoms with E-state index in [-0.39, 0.29) is 0 Å². The van der Waals surface area contributed by atoms with Crippen molar-refractivity contribution in [2.75, 3.05) is 0 Å². The molecule has 0 amide bonds. The number of hydrogen-bond donors (Lipinski definition) is 1. The lowest BCUT2D eigenvalue weighted by Crippen LogP contribution is -2.29. The van der Waals surface area contributed by atoms with Crippen LogP contribution in [0.4, 0.5) is 0 Å². The molecule has 5 nitrogen and oxygen atoms in total. The zero-order valence-corrected chi connectivity index (χ0v) is 10.1. The quantitative estimate of drug-likeness (QED) is 0.375. The highest BCUT2D eigenvalue weighted by atomic mass is 16.5. The van der Waals surface area contributed by atoms with Crippen LogP contribution in [0.2, 0.25) is 0 Å². The molecule has 0 atom stereocenters. The van der Waals surface area contributed by atoms with Gasteiger partial charge in [0.05, 0.1) is 11.8 Å². The summed E-state index contributed by atoms with van der Waals surface area (Å²) in [6.07, 6.45) is 6.34. The molecule has 0 aliphatic heterocycles. The molecule has 0 bridgehead atoms. The highest BCUT2D eigenvalue weighted by Gasteiger charge is 2.18. The third-order valence-corrected chi connectivity index (χ3v) is 2.30. The zero-order chi connectivity index (χ0) is 12.5. The van der Waals surface area contributed by atoms with E-state index in [2.05, 4.69) is 9.97 Å². The topological polar surface area (TPSA) is 67.9 Å². The molecular formula is C12H15N3O2. The van der Waals surface area contributed by atoms with Gasteiger partial charge >= 0.3 is 0 Å². The first-order valence-corrected chi connectivity index (χ1v) is 5.36. The lowest BCUT2D eigenvalue weighted by atomic mass is 10.1. The third-order valence-electron chi connectivity index (χ3n) is 2.30. The molecule has 0 spiro atoms. The Balaban J connectivity index is 2.26. The van der Waals surface area contributed by atoms with E-state index in [0.29, 0.717) is 11.5 Å². The lowest BCUT2D eigenvalue weighted by Gasteiger charge is -2.17. The number of rotatable bonds is 2. The third kappa shape index (κ3) is 2.55. The van der Waals surface area contributed by atoms with Crippen LogP contribution in [0.5, 0.6) is 0 Å². The predicted molar refractivity (Wildman–Crippen MR) is 64.8 cm³/mol. The number of hydrogen-bond acceptors (Lipinski definition) is 3. The monoisotopic (exact) mass is 233 g/mol. The molecule has 0 radical (unpaired) electrons. The molecule has 90 valence electrons. The van der Waals surface area contributed by atoms with E-state index in [1.54, 1.807) is 24.8 Å². The summed E-state index contributed by atoms with van der Waals surface area (Å²) in [7, 11) is 0. The van der Waals surface area contributed by atoms with Gasteiger partial charge in [-0.1, -0.05) is 0 Å². The SMILES string of the molecule is CC(C)(C)/[N+]([O-])=C/c1c[nH]c(-c2ccoc2)n1. The summed E-state index contributed by atoms with van der Waals surface area (Å²) in [5.41, 5.74) is 0.998. The van der Waals surface area contributed by atoms with Crippen LogP contribution in [0, 0.1) is 5.21 Å². The maximum atomic E-state index is 11.7. The van der Waals surface area contributed by atoms with E-state index in [9.17, 15) is 5.21 Å². The number of H-pyrrole nitrogens is 1. The van der Waals surface area contributed by atoms with Crippen LogP contribution < -0.4 is 0 Å². The minimum Gasteiger partial charge on any atom is -0.623 e. The Bertz CT molecular complexity index is 518. The van der Waals surface area contributed by atoms with Gasteiger partial charge in [0.25, 0.3) is 0 Å². The number of furan rings is 1. The van der Waals surface area contributed by atoms with Crippen molar-refractivity contribution in [3.05, 3.63) is 35.7 Å². The molecule has 2 heterocycles. The van der Waals surface area contributed by atoms with E-state index in [1.807, 2.05) is 20.8 Å². The Kier molecular flexibility index (Phi) is 2.75. The molecule has 0 fully saturated rings. The summed E-state index contributed by atoms with van der Waals surface area (Å²) in [6, 6.07) is 1.81. The Morgan fingerprint density at radius 2 is 2.24 bits per heavy atom. The standard InChI is InChI=1S/C12H15N3O2/c1-12(2,3)15(16)7-10-6-13-11(14-10)9-4-5-17-8-9/h4-8H,1-3H3,(H,13,14)/b15-7-. The highest BCUT2D eigenvalue weighted by molar-refractivity contribution is 5.74. The molecule has 2 aromatic rings. The summed E-state index contributed by atoms with van der Waals surface area (Å²) in [4.78, 5) is 7.29. The Morgan fingerprint density at radius 1 is 1.47 bits per heavy atom. The highest BCUT2D eigenvalue weighted by Crippen LogP contribution is 2.15. The summed E-state index contributed by atoms with van der Waals surface area (Å²) in [5.74, 6) is 0.687. The van der Waals surface area contributed by atoms with Gasteiger partial charge in [-0.2, -0.15) is 0 Å². The minimum absolute atomic E-state index is 0.464. The number of hydroxylamine groups is 1. The van der Waals surface area contributed by atoms with E-state index in [0.717, 1.165) is 10.3 Å². The summed E-state index contributed by atoms with van der Waals surface area (Å²) < 4.78 is 5.86. The molecule has 0 aromatic carbocycles. The van der Waals surface area contributed by atoms with Crippen molar-refractivity contribution in [1.29, 1.82) is 0 Å². The smallest absolute Gasteiger partial charge is 0.202 e. The van der Waals surface area contributed by atoms with E-state index in [1.165, 1.54) is 6.21 Å². The molecule has 2 rings (SSSR count). The summed E-state index contributed by atoms with van der Waals surface area (Å²) >= 11 is 0. The van der Waals surface area contributed by atoms with Crippen LogP contribution in [0.15, 0.2) is 29.2 Å². The predicted octanol–water partition coefficient (Wildman–Crippen LogP) is 2.40. The maximum absolute atomic E-state index is 11.7. The average Bonchev–Trinajstić information content (AvgIpc) is 2.83. The van der Waals surface area contributed by atoms with Gasteiger partial charge in [0, 0.05) is 27.0 Å². The van der Waals surface area contributed by atoms with E-state index < -0.39 is 5.54 Å². The zero-order valence-electron chi connectivity index (χ0n) is 10.1. The van der Waals surface area contributed by atoms with Crippen LogP contribution in [-0.2, 0) is 0 Å². The summed E-state index contributed by atoms with van der Waals surface area (Å²) in [5, 5.41) is 11.7. The van der Waals surface area contributed by atoms with Crippen molar-refractivity contribution in [2.45, 2.75) is 26.3 Å². The van der Waals surface area contributed by atoms with Crippen molar-refractivity contribution in [2.24, 2.45) is 0 Å². The van der Waals surface area contributed by atoms with Gasteiger partial charge in [-0.3, -0.25) is 0 Å². The minimum atomic E-state index is -0.464. The second-order valence-electron chi connectivity index (χ2n) is 4.81. The normalized spacial score (nSPS) is 13.0. The maximum Gasteiger partial charge on any atom is 0.202 e. The molecule has 1 N–H and O–H groups in total. The average molecular weight is 233 g/mol. The van der Waals surface area contributed by atoms with Gasteiger partial charge in [-0.05, 0) is 6.07 Å². The van der Waals surface area contributed by atoms with Crippen LogP contribution in [-0.4, -0.2) is 26.5 Å². The van der Waals surface area contributed by atoms with E-state index in [4.69, 9.17) is 4.42 Å². The second-order valence-corrected chi connectivity index (χ2v) is 4.81. The fourth-order valence-corrected chi connectivity index (χ4v) is 1.26. The van der Waals surface area contributed by atoms with Gasteiger partial charge in [0.2, 0.25) is 6.21 Å². The first-order valence-electron chi connectivity index (χ1n) is 5.36. The number of nitrogens with zero attached hydrogens (tertiary/aromatic N) is 2. The van der Waals surface area contributed by atoms with Crippen molar-refractivity contribution in [3.63, 3.8) is 0 Å². The lowest BCUT2D eigenvalue weighted by molar-refractivity contribution is -0.530. The van der Waals surface area contributed by atoms with Crippen LogP contribution in [0.3, 0.4) is 0 Å². The number of imidazole rings is 1. The fraction of sp³-hybridized carbons (Fsp3) is 0.333. The van der Waals surface area contributed by atoms with Gasteiger partial charge in [-0.25, -0.2) is 9.72 Å². The molecule has 17 heavy (non-hydrogen) atoms. The van der Waals surface area contributed by atoms with Crippen LogP contribution in [0.25, 0.3) is 11.4 Å². The van der Waals surface area contributed by atoms with Crippen LogP contribution >= 0.6 is 0 Å². The Morgan fingerprint density at radius 3 is 2.82 bits per heavy atom. The first-order chi connectivity index (χ1) is 7.97. The molecule has 0 aliphatic carbocycles. The first kappa shape index (κ1) is 11.4. The molecular weight excluding hydrogens is 218 g/mol. The molecule has 5 heteroatoms. The number of nitrogens with one attached hydrogen (secondary N) is 1.